The number of hydrogen-bond acceptors (Lipinski definition) is 2. The number of nitrogens with one attached hydrogen (secondary N) is 1. The molecule has 172 valence electrons. The number of aryl methyl sites for hydroxylation is 1. The van der Waals surface area contributed by atoms with Crippen LogP contribution in [0, 0.1) is 0 Å². The Hall–Kier alpha value is -2.84. The highest BCUT2D eigenvalue weighted by molar-refractivity contribution is 5.77. The molecule has 0 aromatic heterocycles. The molecule has 1 fully saturated rings. The molecule has 0 saturated carbocycles. The summed E-state index contributed by atoms with van der Waals surface area (Å²) in [5.41, 5.74) is 9.05. The maximum Gasteiger partial charge on any atom is 0.0282 e. The molecule has 0 radical (unpaired) electrons. The van der Waals surface area contributed by atoms with Crippen molar-refractivity contribution in [2.24, 2.45) is 0 Å². The van der Waals surface area contributed by atoms with E-state index in [1.807, 2.05) is 6.07 Å². The molecule has 1 N–H and O–H groups in total. The summed E-state index contributed by atoms with van der Waals surface area (Å²) in [6.45, 7) is 14.3. The third kappa shape index (κ3) is 6.82. The van der Waals surface area contributed by atoms with Crippen LogP contribution in [-0.2, 0) is 6.42 Å². The highest BCUT2D eigenvalue weighted by atomic mass is 15.1. The highest BCUT2D eigenvalue weighted by Crippen LogP contribution is 2.23. The van der Waals surface area contributed by atoms with Gasteiger partial charge >= 0.3 is 0 Å². The topological polar surface area (TPSA) is 15.3 Å². The highest BCUT2D eigenvalue weighted by Gasteiger charge is 2.20. The van der Waals surface area contributed by atoms with Gasteiger partial charge in [-0.3, -0.25) is 4.90 Å². The molecule has 0 unspecified atom stereocenters. The molecular formula is C31H38N2. The minimum atomic E-state index is 0.563. The Balaban J connectivity index is 1.17. The Morgan fingerprint density at radius 3 is 2.27 bits per heavy atom. The first-order valence-electron chi connectivity index (χ1n) is 12.4. The van der Waals surface area contributed by atoms with Gasteiger partial charge in [-0.05, 0) is 67.7 Å². The monoisotopic (exact) mass is 438 g/mol. The van der Waals surface area contributed by atoms with Crippen LogP contribution >= 0.6 is 0 Å². The number of allylic oxidation sites excluding steroid dienone is 4. The molecule has 1 aliphatic heterocycles. The number of hydrogen-bond donors (Lipinski definition) is 1. The number of benzene rings is 2. The smallest absolute Gasteiger partial charge is 0.0282 e. The van der Waals surface area contributed by atoms with Crippen LogP contribution in [0.1, 0.15) is 55.7 Å². The molecule has 0 amide bonds. The van der Waals surface area contributed by atoms with Crippen molar-refractivity contribution in [2.75, 3.05) is 19.6 Å². The fraction of sp³-hybridized carbons (Fsp3) is 0.355. The van der Waals surface area contributed by atoms with Crippen LogP contribution < -0.4 is 5.32 Å². The summed E-state index contributed by atoms with van der Waals surface area (Å²) in [4.78, 5) is 2.62. The molecular weight excluding hydrogens is 400 g/mol. The maximum absolute atomic E-state index is 4.31. The summed E-state index contributed by atoms with van der Waals surface area (Å²) in [5, 5.41) is 3.71. The minimum absolute atomic E-state index is 0.563. The second-order valence-electron chi connectivity index (χ2n) is 9.68. The fourth-order valence-electron chi connectivity index (χ4n) is 4.77. The predicted molar refractivity (Wildman–Crippen MR) is 142 cm³/mol. The van der Waals surface area contributed by atoms with Gasteiger partial charge in [0.2, 0.25) is 0 Å². The summed E-state index contributed by atoms with van der Waals surface area (Å²) in [6, 6.07) is 19.8. The van der Waals surface area contributed by atoms with E-state index in [-0.39, 0.29) is 0 Å². The van der Waals surface area contributed by atoms with Crippen LogP contribution in [0.25, 0.3) is 5.57 Å². The van der Waals surface area contributed by atoms with Crippen molar-refractivity contribution in [2.45, 2.75) is 51.5 Å². The van der Waals surface area contributed by atoms with Gasteiger partial charge in [0, 0.05) is 31.4 Å². The normalized spacial score (nSPS) is 17.2. The first-order valence-corrected chi connectivity index (χ1v) is 12.4. The molecule has 4 rings (SSSR count). The first-order chi connectivity index (χ1) is 16.1. The van der Waals surface area contributed by atoms with Crippen molar-refractivity contribution in [3.63, 3.8) is 0 Å². The van der Waals surface area contributed by atoms with E-state index in [1.165, 1.54) is 66.7 Å². The summed E-state index contributed by atoms with van der Waals surface area (Å²) < 4.78 is 0. The van der Waals surface area contributed by atoms with Crippen LogP contribution in [0.3, 0.4) is 0 Å². The zero-order valence-electron chi connectivity index (χ0n) is 20.2. The molecule has 2 aromatic rings. The fourth-order valence-corrected chi connectivity index (χ4v) is 4.77. The molecule has 0 atom stereocenters. The summed E-state index contributed by atoms with van der Waals surface area (Å²) in [7, 11) is 0. The lowest BCUT2D eigenvalue weighted by Gasteiger charge is -2.34. The van der Waals surface area contributed by atoms with Crippen LogP contribution in [0.2, 0.25) is 0 Å². The number of rotatable bonds is 9. The predicted octanol–water partition coefficient (Wildman–Crippen LogP) is 6.91. The van der Waals surface area contributed by atoms with Crippen molar-refractivity contribution in [1.82, 2.24) is 10.2 Å². The average molecular weight is 439 g/mol. The van der Waals surface area contributed by atoms with Gasteiger partial charge in [0.15, 0.2) is 0 Å². The van der Waals surface area contributed by atoms with Gasteiger partial charge in [-0.25, -0.2) is 0 Å². The zero-order valence-corrected chi connectivity index (χ0v) is 20.2. The van der Waals surface area contributed by atoms with E-state index in [1.54, 1.807) is 5.57 Å². The van der Waals surface area contributed by atoms with E-state index < -0.39 is 0 Å². The van der Waals surface area contributed by atoms with Gasteiger partial charge in [0.1, 0.15) is 0 Å². The van der Waals surface area contributed by atoms with E-state index in [0.29, 0.717) is 6.04 Å². The summed E-state index contributed by atoms with van der Waals surface area (Å²) in [5.74, 6) is 0. The van der Waals surface area contributed by atoms with Crippen LogP contribution in [0.15, 0.2) is 96.8 Å². The molecule has 1 aliphatic carbocycles. The quantitative estimate of drug-likeness (QED) is 0.457. The number of piperidine rings is 1. The van der Waals surface area contributed by atoms with Gasteiger partial charge in [0.25, 0.3) is 0 Å². The lowest BCUT2D eigenvalue weighted by Crippen LogP contribution is -2.42. The standard InChI is InChI=1S/C31H38N2/c1-24-9-12-28(13-10-24)23-33-21-19-31(20-22-33)32-25(2)11-14-27-15-17-30(18-16-27)26(3)29-7-5-4-6-8-29/h4-9,12,15-18,31-32H,2-3,10-11,13-14,19-23H2,1H3. The van der Waals surface area contributed by atoms with Gasteiger partial charge < -0.3 is 5.32 Å². The van der Waals surface area contributed by atoms with Gasteiger partial charge in [0.05, 0.1) is 0 Å². The van der Waals surface area contributed by atoms with Crippen LogP contribution in [0.4, 0.5) is 0 Å². The van der Waals surface area contributed by atoms with E-state index in [4.69, 9.17) is 0 Å². The molecule has 0 bridgehead atoms. The third-order valence-corrected chi connectivity index (χ3v) is 7.01. The van der Waals surface area contributed by atoms with E-state index in [9.17, 15) is 0 Å². The van der Waals surface area contributed by atoms with Crippen molar-refractivity contribution < 1.29 is 0 Å². The number of nitrogens with zero attached hydrogens (tertiary/aromatic N) is 1. The zero-order chi connectivity index (χ0) is 23.0. The molecule has 1 saturated heterocycles. The minimum Gasteiger partial charge on any atom is -0.386 e. The SMILES string of the molecule is C=C(CCc1ccc(C(=C)c2ccccc2)cc1)NC1CCN(CC2=CC=C(C)CC2)CC1. The first kappa shape index (κ1) is 23.3. The van der Waals surface area contributed by atoms with Gasteiger partial charge in [-0.2, -0.15) is 0 Å². The Kier molecular flexibility index (Phi) is 8.01. The van der Waals surface area contributed by atoms with Crippen molar-refractivity contribution >= 4 is 5.57 Å². The average Bonchev–Trinajstić information content (AvgIpc) is 2.86. The molecule has 0 spiro atoms. The molecule has 1 heterocycles. The number of likely N-dealkylation sites (tertiary alicyclic amines) is 1. The summed E-state index contributed by atoms with van der Waals surface area (Å²) >= 11 is 0. The van der Waals surface area contributed by atoms with E-state index in [0.717, 1.165) is 25.0 Å². The largest absolute Gasteiger partial charge is 0.386 e. The maximum atomic E-state index is 4.31. The van der Waals surface area contributed by atoms with Crippen LogP contribution in [0.5, 0.6) is 0 Å². The molecule has 2 aliphatic rings. The Bertz CT molecular complexity index is 1000. The second-order valence-corrected chi connectivity index (χ2v) is 9.68. The van der Waals surface area contributed by atoms with E-state index in [2.05, 4.69) is 91.0 Å². The Morgan fingerprint density at radius 1 is 0.909 bits per heavy atom. The Morgan fingerprint density at radius 2 is 1.61 bits per heavy atom. The second kappa shape index (κ2) is 11.3. The van der Waals surface area contributed by atoms with Gasteiger partial charge in [-0.1, -0.05) is 91.1 Å². The summed E-state index contributed by atoms with van der Waals surface area (Å²) in [6.07, 6.45) is 11.5. The molecule has 2 aromatic carbocycles. The van der Waals surface area contributed by atoms with Crippen LogP contribution in [-0.4, -0.2) is 30.6 Å². The lowest BCUT2D eigenvalue weighted by molar-refractivity contribution is 0.215. The van der Waals surface area contributed by atoms with Crippen molar-refractivity contribution in [3.8, 4) is 0 Å². The molecule has 2 heteroatoms. The van der Waals surface area contributed by atoms with E-state index >= 15 is 0 Å². The third-order valence-electron chi connectivity index (χ3n) is 7.01. The molecule has 2 nitrogen and oxygen atoms in total. The lowest BCUT2D eigenvalue weighted by atomic mass is 9.97. The molecule has 33 heavy (non-hydrogen) atoms. The van der Waals surface area contributed by atoms with Crippen molar-refractivity contribution in [3.05, 3.63) is 113 Å². The van der Waals surface area contributed by atoms with Gasteiger partial charge in [-0.15, -0.1) is 0 Å². The van der Waals surface area contributed by atoms with Crippen molar-refractivity contribution in [1.29, 1.82) is 0 Å². The Labute approximate surface area is 200 Å².